The molecule has 20 heavy (non-hydrogen) atoms. The van der Waals surface area contributed by atoms with Crippen molar-refractivity contribution in [1.82, 2.24) is 4.98 Å². The van der Waals surface area contributed by atoms with E-state index < -0.39 is 11.2 Å². The summed E-state index contributed by atoms with van der Waals surface area (Å²) in [6.45, 7) is 8.68. The summed E-state index contributed by atoms with van der Waals surface area (Å²) < 4.78 is 11.3. The first kappa shape index (κ1) is 13.6. The fourth-order valence-corrected chi connectivity index (χ4v) is 2.61. The normalized spacial score (nSPS) is 26.3. The molecule has 110 valence electrons. The lowest BCUT2D eigenvalue weighted by Gasteiger charge is -2.35. The largest absolute Gasteiger partial charge is 0.468 e. The fraction of sp³-hybridized carbons (Fsp3) is 0.667. The molecule has 5 nitrogen and oxygen atoms in total. The van der Waals surface area contributed by atoms with Crippen LogP contribution >= 0.6 is 0 Å². The number of rotatable bonds is 2. The third kappa shape index (κ3) is 2.25. The number of anilines is 1. The van der Waals surface area contributed by atoms with Gasteiger partial charge in [0, 0.05) is 25.1 Å². The van der Waals surface area contributed by atoms with Crippen molar-refractivity contribution >= 4 is 5.82 Å². The summed E-state index contributed by atoms with van der Waals surface area (Å²) in [5.41, 5.74) is -0.467. The van der Waals surface area contributed by atoms with E-state index in [1.54, 1.807) is 13.8 Å². The maximum absolute atomic E-state index is 10.3. The van der Waals surface area contributed by atoms with Gasteiger partial charge in [-0.25, -0.2) is 0 Å². The van der Waals surface area contributed by atoms with E-state index in [2.05, 4.69) is 16.0 Å². The highest BCUT2D eigenvalue weighted by Crippen LogP contribution is 2.40. The SMILES string of the molecule is CC(C)(O)C1(C)Cc2ccc(N3CCOCC3)nc2O1. The van der Waals surface area contributed by atoms with Crippen LogP contribution in [0.25, 0.3) is 0 Å². The van der Waals surface area contributed by atoms with Crippen LogP contribution in [0.15, 0.2) is 12.1 Å². The van der Waals surface area contributed by atoms with Gasteiger partial charge in [0.25, 0.3) is 0 Å². The first-order valence-electron chi connectivity index (χ1n) is 7.13. The lowest BCUT2D eigenvalue weighted by molar-refractivity contribution is -0.0914. The fourth-order valence-electron chi connectivity index (χ4n) is 2.61. The molecule has 1 aromatic heterocycles. The van der Waals surface area contributed by atoms with E-state index in [4.69, 9.17) is 9.47 Å². The molecule has 1 unspecified atom stereocenters. The van der Waals surface area contributed by atoms with Gasteiger partial charge in [0.05, 0.1) is 18.8 Å². The molecule has 0 radical (unpaired) electrons. The minimum atomic E-state index is -0.910. The Morgan fingerprint density at radius 3 is 2.65 bits per heavy atom. The van der Waals surface area contributed by atoms with Gasteiger partial charge in [-0.05, 0) is 32.9 Å². The number of fused-ring (bicyclic) bond motifs is 1. The molecule has 3 rings (SSSR count). The summed E-state index contributed by atoms with van der Waals surface area (Å²) in [6.07, 6.45) is 0.683. The molecule has 3 heterocycles. The number of ether oxygens (including phenoxy) is 2. The first-order valence-corrected chi connectivity index (χ1v) is 7.13. The highest BCUT2D eigenvalue weighted by molar-refractivity contribution is 5.46. The Kier molecular flexibility index (Phi) is 3.14. The van der Waals surface area contributed by atoms with Crippen molar-refractivity contribution in [3.63, 3.8) is 0 Å². The number of aliphatic hydroxyl groups is 1. The summed E-state index contributed by atoms with van der Waals surface area (Å²) in [5.74, 6) is 1.57. The zero-order chi connectivity index (χ0) is 14.4. The number of hydrogen-bond acceptors (Lipinski definition) is 5. The van der Waals surface area contributed by atoms with Crippen LogP contribution in [0.3, 0.4) is 0 Å². The Hall–Kier alpha value is -1.33. The zero-order valence-corrected chi connectivity index (χ0v) is 12.3. The van der Waals surface area contributed by atoms with Gasteiger partial charge in [-0.3, -0.25) is 0 Å². The molecule has 1 saturated heterocycles. The molecule has 1 fully saturated rings. The molecule has 0 saturated carbocycles. The van der Waals surface area contributed by atoms with Crippen LogP contribution in [0.4, 0.5) is 5.82 Å². The average molecular weight is 278 g/mol. The third-order valence-electron chi connectivity index (χ3n) is 4.40. The molecular formula is C15H22N2O3. The van der Waals surface area contributed by atoms with E-state index in [1.165, 1.54) is 0 Å². The van der Waals surface area contributed by atoms with Gasteiger partial charge in [-0.15, -0.1) is 0 Å². The number of nitrogens with zero attached hydrogens (tertiary/aromatic N) is 2. The number of pyridine rings is 1. The van der Waals surface area contributed by atoms with E-state index in [9.17, 15) is 5.11 Å². The molecule has 2 aliphatic rings. The van der Waals surface area contributed by atoms with Gasteiger partial charge >= 0.3 is 0 Å². The maximum atomic E-state index is 10.3. The highest BCUT2D eigenvalue weighted by Gasteiger charge is 2.47. The van der Waals surface area contributed by atoms with Crippen LogP contribution in [0.2, 0.25) is 0 Å². The second-order valence-electron chi connectivity index (χ2n) is 6.30. The van der Waals surface area contributed by atoms with Crippen LogP contribution in [-0.4, -0.2) is 47.6 Å². The number of hydrogen-bond donors (Lipinski definition) is 1. The van der Waals surface area contributed by atoms with E-state index in [1.807, 2.05) is 13.0 Å². The lowest BCUT2D eigenvalue weighted by Crippen LogP contribution is -2.51. The van der Waals surface area contributed by atoms with Crippen molar-refractivity contribution in [3.05, 3.63) is 17.7 Å². The second-order valence-corrected chi connectivity index (χ2v) is 6.30. The summed E-state index contributed by atoms with van der Waals surface area (Å²) in [5, 5.41) is 10.3. The van der Waals surface area contributed by atoms with Crippen molar-refractivity contribution in [2.75, 3.05) is 31.2 Å². The molecule has 0 amide bonds. The molecule has 0 bridgehead atoms. The second kappa shape index (κ2) is 4.60. The van der Waals surface area contributed by atoms with E-state index >= 15 is 0 Å². The minimum Gasteiger partial charge on any atom is -0.468 e. The lowest BCUT2D eigenvalue weighted by atomic mass is 9.84. The molecule has 1 aromatic rings. The molecule has 2 aliphatic heterocycles. The molecular weight excluding hydrogens is 256 g/mol. The molecule has 5 heteroatoms. The van der Waals surface area contributed by atoms with Crippen molar-refractivity contribution < 1.29 is 14.6 Å². The smallest absolute Gasteiger partial charge is 0.219 e. The van der Waals surface area contributed by atoms with Gasteiger partial charge < -0.3 is 19.5 Å². The van der Waals surface area contributed by atoms with Crippen LogP contribution in [0, 0.1) is 0 Å². The number of morpholine rings is 1. The predicted octanol–water partition coefficient (Wildman–Crippen LogP) is 1.38. The van der Waals surface area contributed by atoms with Gasteiger partial charge in [0.2, 0.25) is 5.88 Å². The maximum Gasteiger partial charge on any atom is 0.219 e. The summed E-state index contributed by atoms with van der Waals surface area (Å²) in [6, 6.07) is 4.09. The van der Waals surface area contributed by atoms with Crippen molar-refractivity contribution in [3.8, 4) is 5.88 Å². The topological polar surface area (TPSA) is 54.8 Å². The third-order valence-corrected chi connectivity index (χ3v) is 4.40. The monoisotopic (exact) mass is 278 g/mol. The highest BCUT2D eigenvalue weighted by atomic mass is 16.5. The quantitative estimate of drug-likeness (QED) is 0.886. The Balaban J connectivity index is 1.84. The Bertz CT molecular complexity index is 506. The van der Waals surface area contributed by atoms with Crippen LogP contribution in [-0.2, 0) is 11.2 Å². The Morgan fingerprint density at radius 1 is 1.30 bits per heavy atom. The van der Waals surface area contributed by atoms with Crippen LogP contribution < -0.4 is 9.64 Å². The molecule has 1 atom stereocenters. The van der Waals surface area contributed by atoms with Crippen LogP contribution in [0.5, 0.6) is 5.88 Å². The Labute approximate surface area is 119 Å². The van der Waals surface area contributed by atoms with Crippen molar-refractivity contribution in [1.29, 1.82) is 0 Å². The van der Waals surface area contributed by atoms with E-state index in [0.29, 0.717) is 12.3 Å². The molecule has 0 aromatic carbocycles. The summed E-state index contributed by atoms with van der Waals surface area (Å²) in [7, 11) is 0. The Morgan fingerprint density at radius 2 is 2.00 bits per heavy atom. The molecule has 0 aliphatic carbocycles. The van der Waals surface area contributed by atoms with Gasteiger partial charge in [0.1, 0.15) is 11.4 Å². The van der Waals surface area contributed by atoms with Crippen molar-refractivity contribution in [2.45, 2.75) is 38.4 Å². The summed E-state index contributed by atoms with van der Waals surface area (Å²) >= 11 is 0. The number of aromatic nitrogens is 1. The van der Waals surface area contributed by atoms with Gasteiger partial charge in [-0.1, -0.05) is 0 Å². The van der Waals surface area contributed by atoms with Crippen molar-refractivity contribution in [2.24, 2.45) is 0 Å². The molecule has 0 spiro atoms. The van der Waals surface area contributed by atoms with Gasteiger partial charge in [0.15, 0.2) is 0 Å². The first-order chi connectivity index (χ1) is 9.39. The zero-order valence-electron chi connectivity index (χ0n) is 12.3. The van der Waals surface area contributed by atoms with Gasteiger partial charge in [-0.2, -0.15) is 4.98 Å². The predicted molar refractivity (Wildman–Crippen MR) is 76.3 cm³/mol. The average Bonchev–Trinajstić information content (AvgIpc) is 2.76. The van der Waals surface area contributed by atoms with E-state index in [0.717, 1.165) is 37.7 Å². The summed E-state index contributed by atoms with van der Waals surface area (Å²) in [4.78, 5) is 6.82. The molecule has 1 N–H and O–H groups in total. The standard InChI is InChI=1S/C15H22N2O3/c1-14(2,18)15(3)10-11-4-5-12(16-13(11)20-15)17-6-8-19-9-7-17/h4-5,18H,6-10H2,1-3H3. The van der Waals surface area contributed by atoms with Crippen LogP contribution in [0.1, 0.15) is 26.3 Å². The minimum absolute atomic E-state index is 0.619. The van der Waals surface area contributed by atoms with E-state index in [-0.39, 0.29) is 0 Å².